The molecule has 0 aliphatic heterocycles. The molecule has 0 N–H and O–H groups in total. The van der Waals surface area contributed by atoms with Gasteiger partial charge in [-0.3, -0.25) is 0 Å². The zero-order valence-electron chi connectivity index (χ0n) is 16.3. The first-order valence-corrected chi connectivity index (χ1v) is 8.79. The predicted molar refractivity (Wildman–Crippen MR) is 106 cm³/mol. The molecule has 0 fully saturated rings. The summed E-state index contributed by atoms with van der Waals surface area (Å²) >= 11 is 0. The van der Waals surface area contributed by atoms with Crippen molar-refractivity contribution in [1.29, 1.82) is 0 Å². The number of rotatable bonds is 2. The van der Waals surface area contributed by atoms with Gasteiger partial charge in [0.25, 0.3) is 0 Å². The number of carboxylic acid groups (broad SMARTS) is 2. The molecule has 4 rings (SSSR count). The van der Waals surface area contributed by atoms with Crippen LogP contribution in [-0.2, 0) is 19.5 Å². The van der Waals surface area contributed by atoms with Gasteiger partial charge in [0.1, 0.15) is 0 Å². The minimum absolute atomic E-state index is 0. The molecule has 0 aromatic heterocycles. The van der Waals surface area contributed by atoms with E-state index in [4.69, 9.17) is 0 Å². The monoisotopic (exact) mass is 434 g/mol. The molecule has 0 atom stereocenters. The van der Waals surface area contributed by atoms with Crippen LogP contribution in [0, 0.1) is 13.8 Å². The number of benzene rings is 4. The van der Waals surface area contributed by atoms with E-state index in [9.17, 15) is 19.8 Å². The summed E-state index contributed by atoms with van der Waals surface area (Å²) in [7, 11) is 0. The van der Waals surface area contributed by atoms with E-state index in [0.29, 0.717) is 0 Å². The summed E-state index contributed by atoms with van der Waals surface area (Å²) in [5.41, 5.74) is 2.07. The van der Waals surface area contributed by atoms with E-state index in [1.807, 2.05) is 48.5 Å². The minimum atomic E-state index is -1.12. The molecule has 0 aliphatic rings. The molecule has 0 saturated heterocycles. The number of hydrogen-bond donors (Lipinski definition) is 0. The number of aromatic carboxylic acids is 2. The first-order chi connectivity index (χ1) is 13.4. The Labute approximate surface area is 181 Å². The van der Waals surface area contributed by atoms with Crippen LogP contribution in [0.5, 0.6) is 0 Å². The Balaban J connectivity index is 0.000000200. The number of carboxylic acids is 2. The minimum Gasteiger partial charge on any atom is -0.545 e. The number of carbonyl (C=O) groups excluding carboxylic acids is 2. The Morgan fingerprint density at radius 3 is 1.28 bits per heavy atom. The SMILES string of the molecule is Cc1c(C(=O)[O-])ccc2ccccc12.Cc1c(C(=O)[O-])ccc2ccccc12.[Zn+2]. The van der Waals surface area contributed by atoms with Crippen molar-refractivity contribution in [3.05, 3.63) is 95.1 Å². The van der Waals surface area contributed by atoms with Gasteiger partial charge >= 0.3 is 19.5 Å². The standard InChI is InChI=1S/2C12H10O2.Zn/c2*1-8-10-5-3-2-4-9(10)6-7-11(8)12(13)14;/h2*2-7H,1H3,(H,13,14);/q;;+2/p-2. The largest absolute Gasteiger partial charge is 2.00 e. The smallest absolute Gasteiger partial charge is 0.545 e. The average Bonchev–Trinajstić information content (AvgIpc) is 2.69. The maximum absolute atomic E-state index is 10.8. The molecule has 0 radical (unpaired) electrons. The fraction of sp³-hybridized carbons (Fsp3) is 0.0833. The van der Waals surface area contributed by atoms with Gasteiger partial charge in [-0.15, -0.1) is 0 Å². The molecule has 0 spiro atoms. The van der Waals surface area contributed by atoms with Crippen LogP contribution in [0.15, 0.2) is 72.8 Å². The maximum atomic E-state index is 10.8. The normalized spacial score (nSPS) is 10.0. The van der Waals surface area contributed by atoms with Crippen molar-refractivity contribution in [2.45, 2.75) is 13.8 Å². The fourth-order valence-electron chi connectivity index (χ4n) is 3.30. The Bertz CT molecular complexity index is 1100. The van der Waals surface area contributed by atoms with E-state index in [-0.39, 0.29) is 30.6 Å². The molecule has 4 nitrogen and oxygen atoms in total. The number of fused-ring (bicyclic) bond motifs is 2. The van der Waals surface area contributed by atoms with Crippen LogP contribution < -0.4 is 10.2 Å². The van der Waals surface area contributed by atoms with E-state index in [1.165, 1.54) is 0 Å². The Hall–Kier alpha value is -3.04. The van der Waals surface area contributed by atoms with Crippen molar-refractivity contribution in [2.24, 2.45) is 0 Å². The molecule has 4 aromatic rings. The van der Waals surface area contributed by atoms with Crippen LogP contribution in [0.25, 0.3) is 21.5 Å². The number of aryl methyl sites for hydroxylation is 2. The van der Waals surface area contributed by atoms with E-state index in [1.54, 1.807) is 38.1 Å². The summed E-state index contributed by atoms with van der Waals surface area (Å²) in [6.45, 7) is 3.60. The summed E-state index contributed by atoms with van der Waals surface area (Å²) in [4.78, 5) is 21.5. The summed E-state index contributed by atoms with van der Waals surface area (Å²) in [6, 6.07) is 22.2. The van der Waals surface area contributed by atoms with Gasteiger partial charge in [0, 0.05) is 11.1 Å². The van der Waals surface area contributed by atoms with Crippen LogP contribution >= 0.6 is 0 Å². The third kappa shape index (κ3) is 4.69. The van der Waals surface area contributed by atoms with Gasteiger partial charge < -0.3 is 19.8 Å². The molecule has 0 bridgehead atoms. The number of carbonyl (C=O) groups is 2. The molecule has 29 heavy (non-hydrogen) atoms. The Morgan fingerprint density at radius 1 is 0.586 bits per heavy atom. The van der Waals surface area contributed by atoms with Gasteiger partial charge in [0.15, 0.2) is 0 Å². The van der Waals surface area contributed by atoms with E-state index >= 15 is 0 Å². The molecule has 5 heteroatoms. The molecule has 0 heterocycles. The van der Waals surface area contributed by atoms with Crippen molar-refractivity contribution in [3.8, 4) is 0 Å². The van der Waals surface area contributed by atoms with Crippen molar-refractivity contribution < 1.29 is 39.3 Å². The van der Waals surface area contributed by atoms with Gasteiger partial charge in [0.05, 0.1) is 11.9 Å². The average molecular weight is 436 g/mol. The van der Waals surface area contributed by atoms with Crippen molar-refractivity contribution in [2.75, 3.05) is 0 Å². The molecule has 0 unspecified atom stereocenters. The van der Waals surface area contributed by atoms with Crippen molar-refractivity contribution in [3.63, 3.8) is 0 Å². The number of hydrogen-bond acceptors (Lipinski definition) is 4. The molecule has 0 amide bonds. The Kier molecular flexibility index (Phi) is 7.25. The van der Waals surface area contributed by atoms with E-state index in [2.05, 4.69) is 0 Å². The van der Waals surface area contributed by atoms with E-state index < -0.39 is 11.9 Å². The van der Waals surface area contributed by atoms with Gasteiger partial charge in [-0.25, -0.2) is 0 Å². The first-order valence-electron chi connectivity index (χ1n) is 8.79. The summed E-state index contributed by atoms with van der Waals surface area (Å²) in [5.74, 6) is -2.23. The second-order valence-electron chi connectivity index (χ2n) is 6.49. The molecular weight excluding hydrogens is 418 g/mol. The topological polar surface area (TPSA) is 80.3 Å². The second kappa shape index (κ2) is 9.44. The van der Waals surface area contributed by atoms with Gasteiger partial charge in [-0.1, -0.05) is 72.8 Å². The quantitative estimate of drug-likeness (QED) is 0.453. The molecule has 0 aliphatic carbocycles. The third-order valence-corrected chi connectivity index (χ3v) is 4.84. The molecule has 4 aromatic carbocycles. The van der Waals surface area contributed by atoms with Gasteiger partial charge in [0.2, 0.25) is 0 Å². The van der Waals surface area contributed by atoms with Crippen molar-refractivity contribution in [1.82, 2.24) is 0 Å². The van der Waals surface area contributed by atoms with Crippen LogP contribution in [0.3, 0.4) is 0 Å². The zero-order valence-corrected chi connectivity index (χ0v) is 19.2. The second-order valence-corrected chi connectivity index (χ2v) is 6.49. The summed E-state index contributed by atoms with van der Waals surface area (Å²) in [6.07, 6.45) is 0. The fourth-order valence-corrected chi connectivity index (χ4v) is 3.30. The molecule has 140 valence electrons. The summed E-state index contributed by atoms with van der Waals surface area (Å²) in [5, 5.41) is 25.5. The first kappa shape index (κ1) is 22.3. The van der Waals surface area contributed by atoms with Crippen LogP contribution in [0.1, 0.15) is 31.8 Å². The van der Waals surface area contributed by atoms with Gasteiger partial charge in [-0.2, -0.15) is 0 Å². The molecule has 0 saturated carbocycles. The van der Waals surface area contributed by atoms with E-state index in [0.717, 1.165) is 32.7 Å². The third-order valence-electron chi connectivity index (χ3n) is 4.84. The Morgan fingerprint density at radius 2 is 0.931 bits per heavy atom. The zero-order chi connectivity index (χ0) is 20.3. The van der Waals surface area contributed by atoms with Crippen LogP contribution in [0.2, 0.25) is 0 Å². The summed E-state index contributed by atoms with van der Waals surface area (Å²) < 4.78 is 0. The maximum Gasteiger partial charge on any atom is 2.00 e. The van der Waals surface area contributed by atoms with Crippen LogP contribution in [-0.4, -0.2) is 11.9 Å². The predicted octanol–water partition coefficient (Wildman–Crippen LogP) is 3.02. The van der Waals surface area contributed by atoms with Gasteiger partial charge in [-0.05, 0) is 46.5 Å². The molecular formula is C24H18O4Zn. The van der Waals surface area contributed by atoms with Crippen molar-refractivity contribution >= 4 is 33.5 Å². The van der Waals surface area contributed by atoms with Crippen LogP contribution in [0.4, 0.5) is 0 Å².